The average molecular weight is 327 g/mol. The summed E-state index contributed by atoms with van der Waals surface area (Å²) in [6, 6.07) is 14.1. The normalized spacial score (nSPS) is 10.8. The van der Waals surface area contributed by atoms with Crippen LogP contribution in [0.2, 0.25) is 0 Å². The molecular formula is C19H21NO4. The van der Waals surface area contributed by atoms with E-state index in [1.807, 2.05) is 38.1 Å². The topological polar surface area (TPSA) is 64.6 Å². The van der Waals surface area contributed by atoms with E-state index < -0.39 is 11.4 Å². The Balaban J connectivity index is 2.26. The third kappa shape index (κ3) is 3.56. The minimum Gasteiger partial charge on any atom is -0.497 e. The van der Waals surface area contributed by atoms with Crippen molar-refractivity contribution in [1.82, 2.24) is 0 Å². The molecule has 0 aliphatic heterocycles. The number of anilines is 1. The van der Waals surface area contributed by atoms with Crippen molar-refractivity contribution in [2.24, 2.45) is 0 Å². The van der Waals surface area contributed by atoms with Gasteiger partial charge in [0.25, 0.3) is 0 Å². The number of amides is 1. The molecular weight excluding hydrogens is 306 g/mol. The number of esters is 1. The molecule has 0 spiro atoms. The van der Waals surface area contributed by atoms with Gasteiger partial charge >= 0.3 is 5.97 Å². The Hall–Kier alpha value is -2.82. The molecule has 2 rings (SSSR count). The molecule has 0 radical (unpaired) electrons. The van der Waals surface area contributed by atoms with E-state index in [1.165, 1.54) is 7.11 Å². The third-order valence-corrected chi connectivity index (χ3v) is 3.96. The summed E-state index contributed by atoms with van der Waals surface area (Å²) in [4.78, 5) is 24.6. The molecule has 0 aliphatic rings. The molecule has 0 fully saturated rings. The molecule has 1 amide bonds. The summed E-state index contributed by atoms with van der Waals surface area (Å²) in [7, 11) is 2.90. The quantitative estimate of drug-likeness (QED) is 0.855. The van der Waals surface area contributed by atoms with E-state index in [0.29, 0.717) is 11.3 Å². The van der Waals surface area contributed by atoms with Gasteiger partial charge in [0.2, 0.25) is 5.91 Å². The van der Waals surface area contributed by atoms with Gasteiger partial charge in [-0.15, -0.1) is 0 Å². The van der Waals surface area contributed by atoms with Gasteiger partial charge in [-0.1, -0.05) is 24.3 Å². The first kappa shape index (κ1) is 17.5. The molecule has 0 saturated carbocycles. The maximum atomic E-state index is 12.8. The fraction of sp³-hybridized carbons (Fsp3) is 0.263. The van der Waals surface area contributed by atoms with Crippen LogP contribution in [0.25, 0.3) is 0 Å². The van der Waals surface area contributed by atoms with Crippen molar-refractivity contribution < 1.29 is 19.1 Å². The Bertz CT molecular complexity index is 735. The zero-order valence-electron chi connectivity index (χ0n) is 14.3. The summed E-state index contributed by atoms with van der Waals surface area (Å²) >= 11 is 0. The molecule has 126 valence electrons. The fourth-order valence-electron chi connectivity index (χ4n) is 2.30. The molecule has 0 saturated heterocycles. The molecule has 1 N–H and O–H groups in total. The molecule has 0 bridgehead atoms. The SMILES string of the molecule is COC(=O)c1ccccc1NC(=O)C(C)(C)c1ccc(OC)cc1. The van der Waals surface area contributed by atoms with Gasteiger partial charge in [-0.2, -0.15) is 0 Å². The molecule has 2 aromatic carbocycles. The summed E-state index contributed by atoms with van der Waals surface area (Å²) in [5, 5.41) is 2.82. The third-order valence-electron chi connectivity index (χ3n) is 3.96. The van der Waals surface area contributed by atoms with Crippen LogP contribution in [0, 0.1) is 0 Å². The van der Waals surface area contributed by atoms with Crippen molar-refractivity contribution in [3.63, 3.8) is 0 Å². The molecule has 24 heavy (non-hydrogen) atoms. The van der Waals surface area contributed by atoms with Crippen molar-refractivity contribution in [2.75, 3.05) is 19.5 Å². The van der Waals surface area contributed by atoms with Gasteiger partial charge in [0.15, 0.2) is 0 Å². The Morgan fingerprint density at radius 3 is 2.17 bits per heavy atom. The Kier molecular flexibility index (Phi) is 5.24. The second-order valence-electron chi connectivity index (χ2n) is 5.84. The Morgan fingerprint density at radius 1 is 0.958 bits per heavy atom. The predicted molar refractivity (Wildman–Crippen MR) is 92.4 cm³/mol. The van der Waals surface area contributed by atoms with E-state index in [4.69, 9.17) is 9.47 Å². The molecule has 0 atom stereocenters. The first-order valence-electron chi connectivity index (χ1n) is 7.53. The summed E-state index contributed by atoms with van der Waals surface area (Å²) in [5.41, 5.74) is 0.807. The van der Waals surface area contributed by atoms with Gasteiger partial charge in [0, 0.05) is 0 Å². The second kappa shape index (κ2) is 7.17. The van der Waals surface area contributed by atoms with Crippen molar-refractivity contribution in [1.29, 1.82) is 0 Å². The lowest BCUT2D eigenvalue weighted by molar-refractivity contribution is -0.120. The maximum absolute atomic E-state index is 12.8. The number of carbonyl (C=O) groups excluding carboxylic acids is 2. The van der Waals surface area contributed by atoms with Gasteiger partial charge < -0.3 is 14.8 Å². The van der Waals surface area contributed by atoms with Crippen molar-refractivity contribution in [3.8, 4) is 5.75 Å². The van der Waals surface area contributed by atoms with Gasteiger partial charge in [0.1, 0.15) is 5.75 Å². The number of rotatable bonds is 5. The zero-order valence-corrected chi connectivity index (χ0v) is 14.3. The van der Waals surface area contributed by atoms with Crippen LogP contribution in [0.3, 0.4) is 0 Å². The molecule has 0 aliphatic carbocycles. The number of para-hydroxylation sites is 1. The first-order chi connectivity index (χ1) is 11.4. The predicted octanol–water partition coefficient (Wildman–Crippen LogP) is 3.40. The lowest BCUT2D eigenvalue weighted by Gasteiger charge is -2.25. The van der Waals surface area contributed by atoms with Crippen LogP contribution in [0.5, 0.6) is 5.75 Å². The number of methoxy groups -OCH3 is 2. The minimum absolute atomic E-state index is 0.219. The zero-order chi connectivity index (χ0) is 17.7. The van der Waals surface area contributed by atoms with Gasteiger partial charge in [-0.3, -0.25) is 4.79 Å². The van der Waals surface area contributed by atoms with Crippen LogP contribution in [0.1, 0.15) is 29.8 Å². The number of carbonyl (C=O) groups is 2. The number of hydrogen-bond acceptors (Lipinski definition) is 4. The number of ether oxygens (including phenoxy) is 2. The molecule has 0 aromatic heterocycles. The smallest absolute Gasteiger partial charge is 0.339 e. The lowest BCUT2D eigenvalue weighted by Crippen LogP contribution is -2.35. The molecule has 0 heterocycles. The number of nitrogens with one attached hydrogen (secondary N) is 1. The largest absolute Gasteiger partial charge is 0.497 e. The summed E-state index contributed by atoms with van der Waals surface area (Å²) in [5.74, 6) is 0.0168. The Morgan fingerprint density at radius 2 is 1.58 bits per heavy atom. The highest BCUT2D eigenvalue weighted by Gasteiger charge is 2.30. The molecule has 5 heteroatoms. The van der Waals surface area contributed by atoms with Crippen molar-refractivity contribution >= 4 is 17.6 Å². The number of benzene rings is 2. The van der Waals surface area contributed by atoms with Crippen LogP contribution in [0.15, 0.2) is 48.5 Å². The monoisotopic (exact) mass is 327 g/mol. The second-order valence-corrected chi connectivity index (χ2v) is 5.84. The van der Waals surface area contributed by atoms with E-state index in [2.05, 4.69) is 5.32 Å². The van der Waals surface area contributed by atoms with Gasteiger partial charge in [-0.25, -0.2) is 4.79 Å². The standard InChI is InChI=1S/C19H21NO4/c1-19(2,13-9-11-14(23-3)12-10-13)18(22)20-16-8-6-5-7-15(16)17(21)24-4/h5-12H,1-4H3,(H,20,22). The Labute approximate surface area is 141 Å². The molecule has 5 nitrogen and oxygen atoms in total. The van der Waals surface area contributed by atoms with E-state index in [0.717, 1.165) is 11.3 Å². The van der Waals surface area contributed by atoms with E-state index in [1.54, 1.807) is 31.4 Å². The summed E-state index contributed by atoms with van der Waals surface area (Å²) in [6.45, 7) is 3.65. The maximum Gasteiger partial charge on any atom is 0.339 e. The first-order valence-corrected chi connectivity index (χ1v) is 7.53. The van der Waals surface area contributed by atoms with Crippen molar-refractivity contribution in [3.05, 3.63) is 59.7 Å². The van der Waals surface area contributed by atoms with Gasteiger partial charge in [-0.05, 0) is 43.7 Å². The summed E-state index contributed by atoms with van der Waals surface area (Å²) < 4.78 is 9.89. The minimum atomic E-state index is -0.782. The highest BCUT2D eigenvalue weighted by molar-refractivity contribution is 6.04. The molecule has 0 unspecified atom stereocenters. The highest BCUT2D eigenvalue weighted by Crippen LogP contribution is 2.27. The fourth-order valence-corrected chi connectivity index (χ4v) is 2.30. The van der Waals surface area contributed by atoms with Gasteiger partial charge in [0.05, 0.1) is 30.9 Å². The number of hydrogen-bond donors (Lipinski definition) is 1. The average Bonchev–Trinajstić information content (AvgIpc) is 2.61. The van der Waals surface area contributed by atoms with Crippen LogP contribution >= 0.6 is 0 Å². The van der Waals surface area contributed by atoms with Crippen LogP contribution in [-0.2, 0) is 14.9 Å². The van der Waals surface area contributed by atoms with E-state index in [-0.39, 0.29) is 5.91 Å². The van der Waals surface area contributed by atoms with Crippen LogP contribution in [-0.4, -0.2) is 26.1 Å². The van der Waals surface area contributed by atoms with E-state index in [9.17, 15) is 9.59 Å². The highest BCUT2D eigenvalue weighted by atomic mass is 16.5. The van der Waals surface area contributed by atoms with Crippen LogP contribution in [0.4, 0.5) is 5.69 Å². The van der Waals surface area contributed by atoms with E-state index >= 15 is 0 Å². The summed E-state index contributed by atoms with van der Waals surface area (Å²) in [6.07, 6.45) is 0. The lowest BCUT2D eigenvalue weighted by atomic mass is 9.83. The molecule has 2 aromatic rings. The van der Waals surface area contributed by atoms with Crippen molar-refractivity contribution in [2.45, 2.75) is 19.3 Å². The van der Waals surface area contributed by atoms with Crippen LogP contribution < -0.4 is 10.1 Å².